The number of hydrogen-bond acceptors (Lipinski definition) is 6. The van der Waals surface area contributed by atoms with Gasteiger partial charge in [0.2, 0.25) is 0 Å². The zero-order chi connectivity index (χ0) is 23.8. The fourth-order valence-electron chi connectivity index (χ4n) is 5.59. The van der Waals surface area contributed by atoms with E-state index < -0.39 is 11.2 Å². The average molecular weight is 453 g/mol. The zero-order valence-corrected chi connectivity index (χ0v) is 20.8. The van der Waals surface area contributed by atoms with Gasteiger partial charge in [-0.25, -0.2) is 9.59 Å². The van der Waals surface area contributed by atoms with Gasteiger partial charge in [-0.2, -0.15) is 0 Å². The van der Waals surface area contributed by atoms with E-state index in [1.165, 1.54) is 12.8 Å². The molecule has 8 heteroatoms. The fraction of sp³-hybridized carbons (Fsp3) is 0.917. The van der Waals surface area contributed by atoms with E-state index in [1.807, 2.05) is 51.3 Å². The van der Waals surface area contributed by atoms with Gasteiger partial charge in [-0.3, -0.25) is 0 Å². The van der Waals surface area contributed by atoms with Crippen LogP contribution in [0.3, 0.4) is 0 Å². The number of carbonyl (C=O) groups is 2. The van der Waals surface area contributed by atoms with Crippen molar-refractivity contribution in [2.75, 3.05) is 39.3 Å². The summed E-state index contributed by atoms with van der Waals surface area (Å²) in [5, 5.41) is 0. The second kappa shape index (κ2) is 9.37. The Bertz CT molecular complexity index is 628. The minimum atomic E-state index is -0.397. The summed E-state index contributed by atoms with van der Waals surface area (Å²) in [6.45, 7) is 16.3. The van der Waals surface area contributed by atoms with Crippen LogP contribution < -0.4 is 11.5 Å². The molecule has 2 heterocycles. The molecule has 0 aromatic heterocycles. The number of rotatable bonds is 2. The van der Waals surface area contributed by atoms with Crippen LogP contribution in [-0.4, -0.2) is 72.5 Å². The second-order valence-corrected chi connectivity index (χ2v) is 12.1. The minimum absolute atomic E-state index is 0.169. The van der Waals surface area contributed by atoms with Crippen LogP contribution >= 0.6 is 0 Å². The summed E-state index contributed by atoms with van der Waals surface area (Å²) in [7, 11) is 0. The van der Waals surface area contributed by atoms with Gasteiger partial charge in [0.25, 0.3) is 0 Å². The van der Waals surface area contributed by atoms with Gasteiger partial charge in [-0.15, -0.1) is 0 Å². The van der Waals surface area contributed by atoms with Gasteiger partial charge in [-0.05, 0) is 103 Å². The number of ether oxygens (including phenoxy) is 2. The highest BCUT2D eigenvalue weighted by Gasteiger charge is 2.49. The number of amides is 2. The van der Waals surface area contributed by atoms with Crippen molar-refractivity contribution in [3.8, 4) is 0 Å². The van der Waals surface area contributed by atoms with Crippen molar-refractivity contribution in [3.63, 3.8) is 0 Å². The Hall–Kier alpha value is -1.54. The van der Waals surface area contributed by atoms with Gasteiger partial charge >= 0.3 is 12.2 Å². The fourth-order valence-corrected chi connectivity index (χ4v) is 5.59. The zero-order valence-electron chi connectivity index (χ0n) is 20.8. The molecule has 6 atom stereocenters. The Balaban J connectivity index is 0.000000181. The van der Waals surface area contributed by atoms with Crippen LogP contribution in [-0.2, 0) is 9.47 Å². The molecule has 0 spiro atoms. The van der Waals surface area contributed by atoms with Crippen LogP contribution in [0.2, 0.25) is 0 Å². The van der Waals surface area contributed by atoms with Crippen LogP contribution in [0.5, 0.6) is 0 Å². The van der Waals surface area contributed by atoms with E-state index in [0.717, 1.165) is 39.3 Å². The Morgan fingerprint density at radius 1 is 0.719 bits per heavy atom. The second-order valence-electron chi connectivity index (χ2n) is 12.1. The molecule has 8 nitrogen and oxygen atoms in total. The molecule has 0 aromatic carbocycles. The maximum atomic E-state index is 11.8. The predicted octanol–water partition coefficient (Wildman–Crippen LogP) is 2.90. The summed E-state index contributed by atoms with van der Waals surface area (Å²) in [5.74, 6) is 3.83. The first-order valence-electron chi connectivity index (χ1n) is 12.2. The highest BCUT2D eigenvalue weighted by atomic mass is 16.6. The topological polar surface area (TPSA) is 111 Å². The lowest BCUT2D eigenvalue weighted by Crippen LogP contribution is -2.40. The highest BCUT2D eigenvalue weighted by Crippen LogP contribution is 2.46. The lowest BCUT2D eigenvalue weighted by Gasteiger charge is -2.38. The SMILES string of the molecule is CC(C)(C)OC(=O)N1C[C@@H]2C[C@@H](CN)[C@@H]2C1.CC(C)(C)OC(=O)N1C[C@H]2C[C@H](CN)[C@H]2C1. The first-order chi connectivity index (χ1) is 14.8. The maximum Gasteiger partial charge on any atom is 0.410 e. The molecule has 4 fully saturated rings. The molecule has 4 aliphatic rings. The molecule has 184 valence electrons. The largest absolute Gasteiger partial charge is 0.444 e. The van der Waals surface area contributed by atoms with E-state index >= 15 is 0 Å². The first kappa shape index (κ1) is 25.1. The van der Waals surface area contributed by atoms with Crippen molar-refractivity contribution >= 4 is 12.2 Å². The minimum Gasteiger partial charge on any atom is -0.444 e. The van der Waals surface area contributed by atoms with E-state index in [2.05, 4.69) is 0 Å². The summed E-state index contributed by atoms with van der Waals surface area (Å²) < 4.78 is 10.7. The Morgan fingerprint density at radius 2 is 1.06 bits per heavy atom. The number of fused-ring (bicyclic) bond motifs is 2. The third-order valence-corrected chi connectivity index (χ3v) is 7.31. The molecule has 0 radical (unpaired) electrons. The normalized spacial score (nSPS) is 33.2. The molecule has 4 rings (SSSR count). The van der Waals surface area contributed by atoms with Crippen LogP contribution in [0.4, 0.5) is 9.59 Å². The van der Waals surface area contributed by atoms with Gasteiger partial charge < -0.3 is 30.7 Å². The summed E-state index contributed by atoms with van der Waals surface area (Å²) in [4.78, 5) is 27.4. The van der Waals surface area contributed by atoms with Gasteiger partial charge in [0, 0.05) is 26.2 Å². The Morgan fingerprint density at radius 3 is 1.34 bits per heavy atom. The van der Waals surface area contributed by atoms with Crippen LogP contribution in [0, 0.1) is 35.5 Å². The number of hydrogen-bond donors (Lipinski definition) is 2. The predicted molar refractivity (Wildman–Crippen MR) is 124 cm³/mol. The Kier molecular flexibility index (Phi) is 7.35. The summed E-state index contributed by atoms with van der Waals surface area (Å²) >= 11 is 0. The van der Waals surface area contributed by atoms with Crippen molar-refractivity contribution < 1.29 is 19.1 Å². The molecular weight excluding hydrogens is 408 g/mol. The van der Waals surface area contributed by atoms with E-state index in [9.17, 15) is 9.59 Å². The molecule has 2 aliphatic heterocycles. The molecule has 0 unspecified atom stereocenters. The van der Waals surface area contributed by atoms with Crippen molar-refractivity contribution in [1.29, 1.82) is 0 Å². The molecule has 0 bridgehead atoms. The molecule has 4 N–H and O–H groups in total. The van der Waals surface area contributed by atoms with Crippen LogP contribution in [0.1, 0.15) is 54.4 Å². The third-order valence-electron chi connectivity index (χ3n) is 7.31. The van der Waals surface area contributed by atoms with Crippen molar-refractivity contribution in [2.45, 2.75) is 65.6 Å². The van der Waals surface area contributed by atoms with Gasteiger partial charge in [0.1, 0.15) is 11.2 Å². The average Bonchev–Trinajstić information content (AvgIpc) is 3.13. The molecule has 2 saturated heterocycles. The van der Waals surface area contributed by atoms with E-state index in [-0.39, 0.29) is 12.2 Å². The third kappa shape index (κ3) is 5.87. The lowest BCUT2D eigenvalue weighted by atomic mass is 9.67. The standard InChI is InChI=1S/2C12H22N2O2/c2*1-12(2,3)16-11(15)14-6-9-4-8(5-13)10(9)7-14/h2*8-10H,4-7,13H2,1-3H3/t2*8-,9-,10-/m10/s1. The molecule has 2 aliphatic carbocycles. The molecule has 2 saturated carbocycles. The van der Waals surface area contributed by atoms with E-state index in [4.69, 9.17) is 20.9 Å². The summed E-state index contributed by atoms with van der Waals surface area (Å²) in [6.07, 6.45) is 2.02. The van der Waals surface area contributed by atoms with E-state index in [0.29, 0.717) is 35.5 Å². The van der Waals surface area contributed by atoms with Gasteiger partial charge in [0.15, 0.2) is 0 Å². The summed E-state index contributed by atoms with van der Waals surface area (Å²) in [6, 6.07) is 0. The number of nitrogens with two attached hydrogens (primary N) is 2. The molecule has 32 heavy (non-hydrogen) atoms. The Labute approximate surface area is 193 Å². The molecule has 0 aromatic rings. The van der Waals surface area contributed by atoms with Crippen LogP contribution in [0.15, 0.2) is 0 Å². The molecule has 2 amide bonds. The monoisotopic (exact) mass is 452 g/mol. The maximum absolute atomic E-state index is 11.8. The number of nitrogens with zero attached hydrogens (tertiary/aromatic N) is 2. The van der Waals surface area contributed by atoms with Crippen molar-refractivity contribution in [3.05, 3.63) is 0 Å². The lowest BCUT2D eigenvalue weighted by molar-refractivity contribution is 0.0276. The smallest absolute Gasteiger partial charge is 0.410 e. The number of likely N-dealkylation sites (tertiary alicyclic amines) is 2. The molecular formula is C24H44N4O4. The number of carbonyl (C=O) groups excluding carboxylic acids is 2. The van der Waals surface area contributed by atoms with E-state index in [1.54, 1.807) is 0 Å². The van der Waals surface area contributed by atoms with Crippen molar-refractivity contribution in [2.24, 2.45) is 47.0 Å². The first-order valence-corrected chi connectivity index (χ1v) is 12.2. The van der Waals surface area contributed by atoms with Crippen molar-refractivity contribution in [1.82, 2.24) is 9.80 Å². The van der Waals surface area contributed by atoms with Gasteiger partial charge in [0.05, 0.1) is 0 Å². The quantitative estimate of drug-likeness (QED) is 0.666. The van der Waals surface area contributed by atoms with Crippen LogP contribution in [0.25, 0.3) is 0 Å². The summed E-state index contributed by atoms with van der Waals surface area (Å²) in [5.41, 5.74) is 10.6. The highest BCUT2D eigenvalue weighted by molar-refractivity contribution is 5.69. The van der Waals surface area contributed by atoms with Gasteiger partial charge in [-0.1, -0.05) is 0 Å².